The van der Waals surface area contributed by atoms with Crippen LogP contribution in [0.4, 0.5) is 0 Å². The minimum atomic E-state index is 0.103. The van der Waals surface area contributed by atoms with Gasteiger partial charge in [-0.05, 0) is 26.9 Å². The summed E-state index contributed by atoms with van der Waals surface area (Å²) >= 11 is 0. The summed E-state index contributed by atoms with van der Waals surface area (Å²) in [6, 6.07) is 2.47. The Balaban J connectivity index is 2.14. The molecule has 0 radical (unpaired) electrons. The summed E-state index contributed by atoms with van der Waals surface area (Å²) in [6.45, 7) is 2.04. The van der Waals surface area contributed by atoms with Gasteiger partial charge in [0.2, 0.25) is 0 Å². The molecular formula is C9H15N3. The number of nitriles is 1. The van der Waals surface area contributed by atoms with E-state index in [1.54, 1.807) is 0 Å². The molecule has 0 amide bonds. The van der Waals surface area contributed by atoms with Crippen molar-refractivity contribution in [1.29, 1.82) is 5.26 Å². The van der Waals surface area contributed by atoms with E-state index < -0.39 is 0 Å². The second-order valence-electron chi connectivity index (χ2n) is 4.18. The maximum absolute atomic E-state index is 8.92. The first-order chi connectivity index (χ1) is 5.68. The third kappa shape index (κ3) is 1.03. The van der Waals surface area contributed by atoms with Crippen LogP contribution in [0.15, 0.2) is 0 Å². The average Bonchev–Trinajstić information content (AvgIpc) is 2.78. The zero-order valence-electron chi connectivity index (χ0n) is 7.75. The molecule has 1 aliphatic carbocycles. The van der Waals surface area contributed by atoms with E-state index in [1.165, 1.54) is 12.8 Å². The van der Waals surface area contributed by atoms with E-state index in [-0.39, 0.29) is 6.04 Å². The molecule has 1 spiro atoms. The molecule has 0 bridgehead atoms. The van der Waals surface area contributed by atoms with Gasteiger partial charge in [-0.2, -0.15) is 5.26 Å². The van der Waals surface area contributed by atoms with E-state index in [1.807, 2.05) is 0 Å². The number of rotatable bonds is 0. The maximum atomic E-state index is 8.92. The number of likely N-dealkylation sites (N-methyl/N-ethyl adjacent to an activating group) is 2. The van der Waals surface area contributed by atoms with Crippen LogP contribution >= 0.6 is 0 Å². The molecule has 1 unspecified atom stereocenters. The van der Waals surface area contributed by atoms with Crippen molar-refractivity contribution >= 4 is 0 Å². The lowest BCUT2D eigenvalue weighted by atomic mass is 10.1. The predicted octanol–water partition coefficient (Wildman–Crippen LogP) is 0.288. The molecule has 12 heavy (non-hydrogen) atoms. The first kappa shape index (κ1) is 8.03. The van der Waals surface area contributed by atoms with Crippen LogP contribution in [-0.2, 0) is 0 Å². The number of nitrogens with zero attached hydrogens (tertiary/aromatic N) is 3. The number of piperazine rings is 1. The first-order valence-corrected chi connectivity index (χ1v) is 4.49. The van der Waals surface area contributed by atoms with Gasteiger partial charge >= 0.3 is 0 Å². The van der Waals surface area contributed by atoms with Gasteiger partial charge in [-0.25, -0.2) is 0 Å². The SMILES string of the molecule is CN1CC(C#N)N(C)C2(CC2)C1. The fourth-order valence-electron chi connectivity index (χ4n) is 2.21. The molecule has 1 saturated heterocycles. The van der Waals surface area contributed by atoms with E-state index in [2.05, 4.69) is 30.0 Å². The average molecular weight is 165 g/mol. The normalized spacial score (nSPS) is 34.9. The highest BCUT2D eigenvalue weighted by atomic mass is 15.3. The zero-order chi connectivity index (χ0) is 8.77. The maximum Gasteiger partial charge on any atom is 0.111 e. The fourth-order valence-corrected chi connectivity index (χ4v) is 2.21. The molecule has 1 heterocycles. The van der Waals surface area contributed by atoms with Gasteiger partial charge in [0.05, 0.1) is 6.07 Å². The van der Waals surface area contributed by atoms with Crippen molar-refractivity contribution in [2.45, 2.75) is 24.4 Å². The summed E-state index contributed by atoms with van der Waals surface area (Å²) in [5.74, 6) is 0. The van der Waals surface area contributed by atoms with Gasteiger partial charge in [-0.15, -0.1) is 0 Å². The van der Waals surface area contributed by atoms with Crippen molar-refractivity contribution in [1.82, 2.24) is 9.80 Å². The van der Waals surface area contributed by atoms with E-state index in [0.29, 0.717) is 5.54 Å². The van der Waals surface area contributed by atoms with Crippen molar-refractivity contribution in [3.63, 3.8) is 0 Å². The number of hydrogen-bond donors (Lipinski definition) is 0. The Hall–Kier alpha value is -0.590. The van der Waals surface area contributed by atoms with Crippen LogP contribution < -0.4 is 0 Å². The van der Waals surface area contributed by atoms with Gasteiger partial charge in [0.25, 0.3) is 0 Å². The Morgan fingerprint density at radius 1 is 1.42 bits per heavy atom. The van der Waals surface area contributed by atoms with E-state index in [9.17, 15) is 0 Å². The molecule has 2 fully saturated rings. The summed E-state index contributed by atoms with van der Waals surface area (Å²) < 4.78 is 0. The van der Waals surface area contributed by atoms with Crippen molar-refractivity contribution in [2.75, 3.05) is 27.2 Å². The zero-order valence-corrected chi connectivity index (χ0v) is 7.75. The third-order valence-corrected chi connectivity index (χ3v) is 3.24. The highest BCUT2D eigenvalue weighted by molar-refractivity contribution is 5.13. The first-order valence-electron chi connectivity index (χ1n) is 4.49. The smallest absolute Gasteiger partial charge is 0.111 e. The molecule has 2 aliphatic rings. The monoisotopic (exact) mass is 165 g/mol. The second kappa shape index (κ2) is 2.45. The highest BCUT2D eigenvalue weighted by Gasteiger charge is 2.51. The quantitative estimate of drug-likeness (QED) is 0.517. The minimum Gasteiger partial charge on any atom is -0.302 e. The molecule has 3 nitrogen and oxygen atoms in total. The minimum absolute atomic E-state index is 0.103. The van der Waals surface area contributed by atoms with Crippen molar-refractivity contribution < 1.29 is 0 Å². The topological polar surface area (TPSA) is 30.3 Å². The van der Waals surface area contributed by atoms with Gasteiger partial charge in [-0.3, -0.25) is 4.90 Å². The van der Waals surface area contributed by atoms with Crippen molar-refractivity contribution in [3.05, 3.63) is 0 Å². The van der Waals surface area contributed by atoms with Crippen molar-refractivity contribution in [2.24, 2.45) is 0 Å². The summed E-state index contributed by atoms with van der Waals surface area (Å²) in [5.41, 5.74) is 0.368. The molecule has 1 saturated carbocycles. The lowest BCUT2D eigenvalue weighted by Gasteiger charge is -2.41. The van der Waals surface area contributed by atoms with Crippen LogP contribution in [0.1, 0.15) is 12.8 Å². The molecule has 1 atom stereocenters. The Kier molecular flexibility index (Phi) is 1.64. The van der Waals surface area contributed by atoms with Gasteiger partial charge in [0, 0.05) is 18.6 Å². The van der Waals surface area contributed by atoms with Crippen molar-refractivity contribution in [3.8, 4) is 6.07 Å². The van der Waals surface area contributed by atoms with Gasteiger partial charge in [0.15, 0.2) is 0 Å². The Labute approximate surface area is 73.6 Å². The summed E-state index contributed by atoms with van der Waals surface area (Å²) in [7, 11) is 4.20. The molecule has 1 aliphatic heterocycles. The molecule has 0 aromatic rings. The van der Waals surface area contributed by atoms with E-state index >= 15 is 0 Å². The fraction of sp³-hybridized carbons (Fsp3) is 0.889. The molecular weight excluding hydrogens is 150 g/mol. The molecule has 66 valence electrons. The molecule has 2 rings (SSSR count). The van der Waals surface area contributed by atoms with Gasteiger partial charge in [0.1, 0.15) is 6.04 Å². The lowest BCUT2D eigenvalue weighted by molar-refractivity contribution is 0.0678. The Morgan fingerprint density at radius 3 is 2.58 bits per heavy atom. The molecule has 0 N–H and O–H groups in total. The Bertz CT molecular complexity index is 226. The molecule has 0 aromatic carbocycles. The summed E-state index contributed by atoms with van der Waals surface area (Å²) in [5, 5.41) is 8.92. The van der Waals surface area contributed by atoms with Crippen LogP contribution in [0.3, 0.4) is 0 Å². The van der Waals surface area contributed by atoms with Gasteiger partial charge in [-0.1, -0.05) is 0 Å². The predicted molar refractivity (Wildman–Crippen MR) is 46.6 cm³/mol. The van der Waals surface area contributed by atoms with Gasteiger partial charge < -0.3 is 4.90 Å². The number of hydrogen-bond acceptors (Lipinski definition) is 3. The van der Waals surface area contributed by atoms with E-state index in [4.69, 9.17) is 5.26 Å². The second-order valence-corrected chi connectivity index (χ2v) is 4.18. The lowest BCUT2D eigenvalue weighted by Crippen LogP contribution is -2.57. The molecule has 0 aromatic heterocycles. The largest absolute Gasteiger partial charge is 0.302 e. The van der Waals surface area contributed by atoms with Crippen LogP contribution in [-0.4, -0.2) is 48.6 Å². The van der Waals surface area contributed by atoms with Crippen LogP contribution in [0.2, 0.25) is 0 Å². The third-order valence-electron chi connectivity index (χ3n) is 3.24. The summed E-state index contributed by atoms with van der Waals surface area (Å²) in [6.07, 6.45) is 2.54. The van der Waals surface area contributed by atoms with Crippen LogP contribution in [0.5, 0.6) is 0 Å². The van der Waals surface area contributed by atoms with E-state index in [0.717, 1.165) is 13.1 Å². The Morgan fingerprint density at radius 2 is 2.08 bits per heavy atom. The van der Waals surface area contributed by atoms with Crippen LogP contribution in [0.25, 0.3) is 0 Å². The summed E-state index contributed by atoms with van der Waals surface area (Å²) in [4.78, 5) is 4.55. The van der Waals surface area contributed by atoms with Crippen LogP contribution in [0, 0.1) is 11.3 Å². The molecule has 3 heteroatoms. The standard InChI is InChI=1S/C9H15N3/c1-11-6-8(5-10)12(2)9(7-11)3-4-9/h8H,3-4,6-7H2,1-2H3. The highest BCUT2D eigenvalue weighted by Crippen LogP contribution is 2.44.